The first kappa shape index (κ1) is 17.9. The van der Waals surface area contributed by atoms with Gasteiger partial charge in [-0.15, -0.1) is 0 Å². The van der Waals surface area contributed by atoms with Crippen LogP contribution in [-0.4, -0.2) is 51.7 Å². The molecule has 24 heavy (non-hydrogen) atoms. The van der Waals surface area contributed by atoms with Gasteiger partial charge in [-0.2, -0.15) is 0 Å². The number of hydrogen-bond acceptors (Lipinski definition) is 4. The van der Waals surface area contributed by atoms with Crippen LogP contribution in [0.4, 0.5) is 0 Å². The summed E-state index contributed by atoms with van der Waals surface area (Å²) >= 11 is 0. The highest BCUT2D eigenvalue weighted by atomic mass is 32.2. The van der Waals surface area contributed by atoms with Crippen LogP contribution in [0.1, 0.15) is 37.7 Å². The summed E-state index contributed by atoms with van der Waals surface area (Å²) in [6, 6.07) is 9.37. The second-order valence-electron chi connectivity index (χ2n) is 6.95. The van der Waals surface area contributed by atoms with Gasteiger partial charge in [0.05, 0.1) is 19.0 Å². The first-order valence-corrected chi connectivity index (χ1v) is 10.6. The first-order valence-electron chi connectivity index (χ1n) is 8.94. The summed E-state index contributed by atoms with van der Waals surface area (Å²) in [5, 5.41) is 0. The number of benzene rings is 1. The second kappa shape index (κ2) is 7.95. The van der Waals surface area contributed by atoms with Crippen LogP contribution in [0.25, 0.3) is 0 Å². The van der Waals surface area contributed by atoms with Crippen molar-refractivity contribution in [2.75, 3.05) is 32.8 Å². The molecule has 0 bridgehead atoms. The van der Waals surface area contributed by atoms with Gasteiger partial charge in [-0.3, -0.25) is 4.90 Å². The lowest BCUT2D eigenvalue weighted by atomic mass is 9.80. The second-order valence-corrected chi connectivity index (χ2v) is 8.76. The molecule has 0 radical (unpaired) electrons. The van der Waals surface area contributed by atoms with Crippen molar-refractivity contribution in [2.24, 2.45) is 0 Å². The zero-order valence-electron chi connectivity index (χ0n) is 14.2. The van der Waals surface area contributed by atoms with Crippen LogP contribution in [-0.2, 0) is 20.5 Å². The Morgan fingerprint density at radius 1 is 1.04 bits per heavy atom. The van der Waals surface area contributed by atoms with Crippen molar-refractivity contribution in [1.29, 1.82) is 0 Å². The highest BCUT2D eigenvalue weighted by Crippen LogP contribution is 2.34. The zero-order valence-corrected chi connectivity index (χ0v) is 15.1. The predicted octanol–water partition coefficient (Wildman–Crippen LogP) is 2.14. The van der Waals surface area contributed by atoms with Crippen LogP contribution in [0.15, 0.2) is 30.3 Å². The van der Waals surface area contributed by atoms with E-state index in [1.54, 1.807) is 0 Å². The molecule has 1 aromatic rings. The van der Waals surface area contributed by atoms with E-state index in [0.29, 0.717) is 6.54 Å². The summed E-state index contributed by atoms with van der Waals surface area (Å²) in [7, 11) is -3.32. The van der Waals surface area contributed by atoms with Crippen molar-refractivity contribution in [2.45, 2.75) is 43.4 Å². The van der Waals surface area contributed by atoms with E-state index in [0.717, 1.165) is 44.7 Å². The van der Waals surface area contributed by atoms with E-state index >= 15 is 0 Å². The molecule has 1 saturated carbocycles. The van der Waals surface area contributed by atoms with Crippen molar-refractivity contribution < 1.29 is 13.2 Å². The van der Waals surface area contributed by atoms with Crippen LogP contribution < -0.4 is 4.72 Å². The van der Waals surface area contributed by atoms with E-state index in [4.69, 9.17) is 4.74 Å². The monoisotopic (exact) mass is 352 g/mol. The zero-order chi connectivity index (χ0) is 16.9. The maximum atomic E-state index is 12.5. The van der Waals surface area contributed by atoms with Crippen LogP contribution >= 0.6 is 0 Å². The Labute approximate surface area is 145 Å². The molecule has 134 valence electrons. The number of nitrogens with zero attached hydrogens (tertiary/aromatic N) is 1. The molecule has 0 atom stereocenters. The SMILES string of the molecule is O=S(=O)(Cc1ccccc1)NCC1(N2CCOCC2)CCCCC1. The van der Waals surface area contributed by atoms with E-state index in [1.807, 2.05) is 30.3 Å². The summed E-state index contributed by atoms with van der Waals surface area (Å²) in [4.78, 5) is 2.46. The summed E-state index contributed by atoms with van der Waals surface area (Å²) < 4.78 is 33.4. The minimum atomic E-state index is -3.32. The van der Waals surface area contributed by atoms with Crippen molar-refractivity contribution in [3.8, 4) is 0 Å². The molecule has 0 amide bonds. The van der Waals surface area contributed by atoms with Crippen LogP contribution in [0.5, 0.6) is 0 Å². The van der Waals surface area contributed by atoms with Gasteiger partial charge in [-0.25, -0.2) is 13.1 Å². The minimum Gasteiger partial charge on any atom is -0.379 e. The van der Waals surface area contributed by atoms with Crippen molar-refractivity contribution in [1.82, 2.24) is 9.62 Å². The minimum absolute atomic E-state index is 0.0359. The average molecular weight is 353 g/mol. The number of rotatable bonds is 6. The van der Waals surface area contributed by atoms with Gasteiger partial charge in [0.25, 0.3) is 0 Å². The number of nitrogens with one attached hydrogen (secondary N) is 1. The van der Waals surface area contributed by atoms with Gasteiger partial charge in [0, 0.05) is 25.2 Å². The van der Waals surface area contributed by atoms with E-state index < -0.39 is 10.0 Å². The standard InChI is InChI=1S/C18H28N2O3S/c21-24(22,15-17-7-3-1-4-8-17)19-16-18(9-5-2-6-10-18)20-11-13-23-14-12-20/h1,3-4,7-8,19H,2,5-6,9-16H2. The predicted molar refractivity (Wildman–Crippen MR) is 95.3 cm³/mol. The molecule has 5 nitrogen and oxygen atoms in total. The molecule has 2 aliphatic rings. The molecule has 6 heteroatoms. The van der Waals surface area contributed by atoms with Gasteiger partial charge in [0.1, 0.15) is 0 Å². The largest absolute Gasteiger partial charge is 0.379 e. The molecule has 1 aliphatic heterocycles. The Morgan fingerprint density at radius 2 is 1.71 bits per heavy atom. The quantitative estimate of drug-likeness (QED) is 0.852. The van der Waals surface area contributed by atoms with Gasteiger partial charge in [0.2, 0.25) is 10.0 Å². The normalized spacial score (nSPS) is 22.3. The Kier molecular flexibility index (Phi) is 5.92. The Hall–Kier alpha value is -0.950. The van der Waals surface area contributed by atoms with Crippen molar-refractivity contribution in [3.05, 3.63) is 35.9 Å². The fraction of sp³-hybridized carbons (Fsp3) is 0.667. The smallest absolute Gasteiger partial charge is 0.215 e. The topological polar surface area (TPSA) is 58.6 Å². The number of morpholine rings is 1. The summed E-state index contributed by atoms with van der Waals surface area (Å²) in [6.07, 6.45) is 5.75. The number of hydrogen-bond donors (Lipinski definition) is 1. The highest BCUT2D eigenvalue weighted by Gasteiger charge is 2.39. The number of ether oxygens (including phenoxy) is 1. The molecule has 1 aromatic carbocycles. The molecule has 2 fully saturated rings. The maximum Gasteiger partial charge on any atom is 0.215 e. The molecule has 1 heterocycles. The molecule has 0 spiro atoms. The third-order valence-corrected chi connectivity index (χ3v) is 6.58. The lowest BCUT2D eigenvalue weighted by Gasteiger charge is -2.48. The molecular weight excluding hydrogens is 324 g/mol. The summed E-state index contributed by atoms with van der Waals surface area (Å²) in [5.41, 5.74) is 0.792. The van der Waals surface area contributed by atoms with Gasteiger partial charge in [-0.05, 0) is 18.4 Å². The average Bonchev–Trinajstić information content (AvgIpc) is 2.62. The van der Waals surface area contributed by atoms with E-state index in [9.17, 15) is 8.42 Å². The molecule has 1 saturated heterocycles. The first-order chi connectivity index (χ1) is 11.6. The Bertz CT molecular complexity index is 606. The lowest BCUT2D eigenvalue weighted by Crippen LogP contribution is -2.59. The maximum absolute atomic E-state index is 12.5. The van der Waals surface area contributed by atoms with Crippen molar-refractivity contribution >= 4 is 10.0 Å². The van der Waals surface area contributed by atoms with E-state index in [2.05, 4.69) is 9.62 Å². The van der Waals surface area contributed by atoms with Gasteiger partial charge < -0.3 is 4.74 Å². The molecule has 1 aliphatic carbocycles. The van der Waals surface area contributed by atoms with Crippen LogP contribution in [0, 0.1) is 0 Å². The Morgan fingerprint density at radius 3 is 2.38 bits per heavy atom. The third kappa shape index (κ3) is 4.57. The van der Waals surface area contributed by atoms with E-state index in [-0.39, 0.29) is 11.3 Å². The van der Waals surface area contributed by atoms with E-state index in [1.165, 1.54) is 19.3 Å². The summed E-state index contributed by atoms with van der Waals surface area (Å²) in [5.74, 6) is 0.0486. The molecule has 1 N–H and O–H groups in total. The molecular formula is C18H28N2O3S. The van der Waals surface area contributed by atoms with Gasteiger partial charge >= 0.3 is 0 Å². The van der Waals surface area contributed by atoms with Crippen LogP contribution in [0.2, 0.25) is 0 Å². The fourth-order valence-corrected chi connectivity index (χ4v) is 5.16. The molecule has 0 unspecified atom stereocenters. The third-order valence-electron chi connectivity index (χ3n) is 5.29. The molecule has 3 rings (SSSR count). The number of sulfonamides is 1. The van der Waals surface area contributed by atoms with Crippen LogP contribution in [0.3, 0.4) is 0 Å². The molecule has 0 aromatic heterocycles. The Balaban J connectivity index is 1.66. The fourth-order valence-electron chi connectivity index (χ4n) is 3.94. The van der Waals surface area contributed by atoms with Gasteiger partial charge in [-0.1, -0.05) is 49.6 Å². The van der Waals surface area contributed by atoms with Gasteiger partial charge in [0.15, 0.2) is 0 Å². The summed E-state index contributed by atoms with van der Waals surface area (Å²) in [6.45, 7) is 3.82. The van der Waals surface area contributed by atoms with Crippen molar-refractivity contribution in [3.63, 3.8) is 0 Å². The highest BCUT2D eigenvalue weighted by molar-refractivity contribution is 7.88. The lowest BCUT2D eigenvalue weighted by molar-refractivity contribution is -0.0348.